The number of nitrogens with zero attached hydrogens (tertiary/aromatic N) is 7. The minimum Gasteiger partial charge on any atom is -0.489 e. The molecule has 3 fully saturated rings. The summed E-state index contributed by atoms with van der Waals surface area (Å²) in [5, 5.41) is 18.6. The SMILES string of the molecule is CC(C)Oc1cc2nn(C3CCC(NCC4(F)CN(c5ccc6c(c5)C(=O)N(C5CCC(=O)NC5=O)C6=O)C4)CC3)cc2cc1NC(=O)c1cnn2cccnc12. The molecule has 1 saturated carbocycles. The monoisotopic (exact) mass is 776 g/mol. The number of amides is 5. The Morgan fingerprint density at radius 3 is 2.60 bits per heavy atom. The molecule has 0 bridgehead atoms. The minimum atomic E-state index is -1.46. The molecule has 0 spiro atoms. The smallest absolute Gasteiger partial charge is 0.262 e. The van der Waals surface area contributed by atoms with Gasteiger partial charge in [0.05, 0.1) is 53.8 Å². The standard InChI is InChI=1S/C40H41FN10O6/c1-22(2)57-33-16-30-23(14-31(33)45-36(53)29-17-44-49-13-3-12-42-35(29)49)18-50(47-30)25-6-4-24(5-7-25)43-19-40(41)20-48(21-40)26-8-9-27-28(15-26)39(56)51(38(27)55)32-10-11-34(52)46-37(32)54/h3,8-9,12-18,22,24-25,32,43H,4-7,10-11,19-21H2,1-2H3,(H,45,53)(H,46,52,54). The third kappa shape index (κ3) is 6.74. The number of carbonyl (C=O) groups excluding carboxylic acids is 5. The molecule has 0 radical (unpaired) electrons. The van der Waals surface area contributed by atoms with Crippen molar-refractivity contribution < 1.29 is 33.1 Å². The Morgan fingerprint density at radius 2 is 1.82 bits per heavy atom. The summed E-state index contributed by atoms with van der Waals surface area (Å²) in [5.74, 6) is -2.09. The van der Waals surface area contributed by atoms with Crippen molar-refractivity contribution in [3.8, 4) is 5.75 Å². The van der Waals surface area contributed by atoms with Crippen LogP contribution in [0.4, 0.5) is 15.8 Å². The third-order valence-corrected chi connectivity index (χ3v) is 11.3. The molecule has 5 aromatic rings. The van der Waals surface area contributed by atoms with E-state index in [9.17, 15) is 24.0 Å². The predicted octanol–water partition coefficient (Wildman–Crippen LogP) is 3.82. The molecule has 17 heteroatoms. The molecule has 4 aliphatic rings. The number of alkyl halides is 1. The van der Waals surface area contributed by atoms with E-state index < -0.39 is 35.3 Å². The largest absolute Gasteiger partial charge is 0.489 e. The molecule has 16 nitrogen and oxygen atoms in total. The van der Waals surface area contributed by atoms with E-state index in [-0.39, 0.29) is 67.7 Å². The molecule has 6 heterocycles. The number of aromatic nitrogens is 5. The van der Waals surface area contributed by atoms with Crippen molar-refractivity contribution in [1.82, 2.24) is 39.9 Å². The molecule has 3 aromatic heterocycles. The first-order chi connectivity index (χ1) is 27.4. The Labute approximate surface area is 325 Å². The predicted molar refractivity (Wildman–Crippen MR) is 205 cm³/mol. The van der Waals surface area contributed by atoms with Crippen LogP contribution in [0.3, 0.4) is 0 Å². The number of piperidine rings is 1. The lowest BCUT2D eigenvalue weighted by atomic mass is 9.89. The molecule has 1 atom stereocenters. The molecule has 2 saturated heterocycles. The summed E-state index contributed by atoms with van der Waals surface area (Å²) >= 11 is 0. The van der Waals surface area contributed by atoms with E-state index in [0.717, 1.165) is 41.5 Å². The highest BCUT2D eigenvalue weighted by molar-refractivity contribution is 6.23. The van der Waals surface area contributed by atoms with Gasteiger partial charge in [-0.3, -0.25) is 38.9 Å². The van der Waals surface area contributed by atoms with Gasteiger partial charge in [0.1, 0.15) is 17.4 Å². The number of anilines is 2. The van der Waals surface area contributed by atoms with Gasteiger partial charge in [0.15, 0.2) is 11.3 Å². The molecule has 294 valence electrons. The van der Waals surface area contributed by atoms with Crippen molar-refractivity contribution in [2.24, 2.45) is 0 Å². The number of carbonyl (C=O) groups is 5. The van der Waals surface area contributed by atoms with E-state index in [4.69, 9.17) is 9.84 Å². The van der Waals surface area contributed by atoms with Crippen LogP contribution in [0.15, 0.2) is 61.2 Å². The second kappa shape index (κ2) is 14.1. The van der Waals surface area contributed by atoms with Gasteiger partial charge in [-0.05, 0) is 76.3 Å². The first kappa shape index (κ1) is 36.4. The van der Waals surface area contributed by atoms with Crippen molar-refractivity contribution >= 4 is 57.5 Å². The quantitative estimate of drug-likeness (QED) is 0.175. The summed E-state index contributed by atoms with van der Waals surface area (Å²) in [5.41, 5.74) is 1.60. The fourth-order valence-corrected chi connectivity index (χ4v) is 8.34. The van der Waals surface area contributed by atoms with Crippen LogP contribution >= 0.6 is 0 Å². The van der Waals surface area contributed by atoms with Gasteiger partial charge in [-0.25, -0.2) is 13.9 Å². The summed E-state index contributed by atoms with van der Waals surface area (Å²) in [6.45, 7) is 4.30. The van der Waals surface area contributed by atoms with Crippen LogP contribution < -0.4 is 25.6 Å². The fraction of sp³-hybridized carbons (Fsp3) is 0.400. The highest BCUT2D eigenvalue weighted by Gasteiger charge is 2.47. The lowest BCUT2D eigenvalue weighted by molar-refractivity contribution is -0.136. The second-order valence-corrected chi connectivity index (χ2v) is 15.7. The topological polar surface area (TPSA) is 185 Å². The van der Waals surface area contributed by atoms with Gasteiger partial charge in [-0.15, -0.1) is 0 Å². The maximum Gasteiger partial charge on any atom is 0.262 e. The second-order valence-electron chi connectivity index (χ2n) is 15.7. The summed E-state index contributed by atoms with van der Waals surface area (Å²) in [6.07, 6.45) is 10.2. The van der Waals surface area contributed by atoms with E-state index in [1.165, 1.54) is 6.20 Å². The number of fused-ring (bicyclic) bond motifs is 3. The Bertz CT molecular complexity index is 2460. The molecule has 9 rings (SSSR count). The van der Waals surface area contributed by atoms with Gasteiger partial charge in [-0.1, -0.05) is 0 Å². The van der Waals surface area contributed by atoms with Gasteiger partial charge in [-0.2, -0.15) is 10.2 Å². The number of rotatable bonds is 10. The highest BCUT2D eigenvalue weighted by atomic mass is 19.1. The number of imide groups is 2. The van der Waals surface area contributed by atoms with E-state index in [1.54, 1.807) is 41.2 Å². The molecule has 1 unspecified atom stereocenters. The zero-order valence-electron chi connectivity index (χ0n) is 31.4. The van der Waals surface area contributed by atoms with Crippen LogP contribution in [0.25, 0.3) is 16.6 Å². The summed E-state index contributed by atoms with van der Waals surface area (Å²) < 4.78 is 25.5. The lowest BCUT2D eigenvalue weighted by Crippen LogP contribution is -2.64. The van der Waals surface area contributed by atoms with Gasteiger partial charge in [0.2, 0.25) is 11.8 Å². The van der Waals surface area contributed by atoms with Crippen molar-refractivity contribution in [3.63, 3.8) is 0 Å². The number of ether oxygens (including phenoxy) is 1. The van der Waals surface area contributed by atoms with Gasteiger partial charge in [0.25, 0.3) is 17.7 Å². The molecule has 1 aliphatic carbocycles. The number of hydrogen-bond donors (Lipinski definition) is 3. The molecule has 2 aromatic carbocycles. The Balaban J connectivity index is 0.796. The molecule has 57 heavy (non-hydrogen) atoms. The average Bonchev–Trinajstić information content (AvgIpc) is 3.87. The maximum absolute atomic E-state index is 15.9. The van der Waals surface area contributed by atoms with Gasteiger partial charge >= 0.3 is 0 Å². The molecule has 5 amide bonds. The van der Waals surface area contributed by atoms with Crippen LogP contribution in [0.5, 0.6) is 5.75 Å². The zero-order chi connectivity index (χ0) is 39.6. The minimum absolute atomic E-state index is 0.0454. The molecular weight excluding hydrogens is 736 g/mol. The van der Waals surface area contributed by atoms with Crippen molar-refractivity contribution in [3.05, 3.63) is 77.9 Å². The lowest BCUT2D eigenvalue weighted by Gasteiger charge is -2.47. The van der Waals surface area contributed by atoms with E-state index in [2.05, 4.69) is 26.0 Å². The third-order valence-electron chi connectivity index (χ3n) is 11.3. The van der Waals surface area contributed by atoms with Crippen LogP contribution in [-0.2, 0) is 9.59 Å². The fourth-order valence-electron chi connectivity index (χ4n) is 8.34. The van der Waals surface area contributed by atoms with Crippen LogP contribution in [0.2, 0.25) is 0 Å². The van der Waals surface area contributed by atoms with Crippen molar-refractivity contribution in [2.75, 3.05) is 29.9 Å². The first-order valence-corrected chi connectivity index (χ1v) is 19.3. The molecule has 3 aliphatic heterocycles. The van der Waals surface area contributed by atoms with Crippen molar-refractivity contribution in [2.45, 2.75) is 82.3 Å². The normalized spacial score (nSPS) is 21.9. The van der Waals surface area contributed by atoms with Crippen molar-refractivity contribution in [1.29, 1.82) is 0 Å². The zero-order valence-corrected chi connectivity index (χ0v) is 31.4. The summed E-state index contributed by atoms with van der Waals surface area (Å²) in [6, 6.07) is 9.57. The summed E-state index contributed by atoms with van der Waals surface area (Å²) in [7, 11) is 0. The number of nitrogens with one attached hydrogen (secondary N) is 3. The van der Waals surface area contributed by atoms with Crippen LogP contribution in [0.1, 0.15) is 89.5 Å². The Morgan fingerprint density at radius 1 is 1.04 bits per heavy atom. The molecular formula is C40H41FN10O6. The van der Waals surface area contributed by atoms with E-state index in [1.807, 2.05) is 41.8 Å². The van der Waals surface area contributed by atoms with E-state index in [0.29, 0.717) is 28.3 Å². The van der Waals surface area contributed by atoms with Crippen LogP contribution in [0, 0.1) is 0 Å². The highest BCUT2D eigenvalue weighted by Crippen LogP contribution is 2.37. The number of hydrogen-bond acceptors (Lipinski definition) is 11. The number of halogens is 1. The number of benzene rings is 2. The summed E-state index contributed by atoms with van der Waals surface area (Å²) in [4.78, 5) is 70.7. The first-order valence-electron chi connectivity index (χ1n) is 19.3. The van der Waals surface area contributed by atoms with Gasteiger partial charge in [0, 0.05) is 54.7 Å². The van der Waals surface area contributed by atoms with Gasteiger partial charge < -0.3 is 20.3 Å². The Kier molecular flexibility index (Phi) is 8.98. The average molecular weight is 777 g/mol. The maximum atomic E-state index is 15.9. The van der Waals surface area contributed by atoms with Crippen LogP contribution in [-0.4, -0.2) is 102 Å². The Hall–Kier alpha value is -6.23. The van der Waals surface area contributed by atoms with E-state index >= 15 is 4.39 Å². The molecule has 3 N–H and O–H groups in total.